The first kappa shape index (κ1) is 30.5. The fraction of sp³-hybridized carbons (Fsp3) is 0.467. The smallest absolute Gasteiger partial charge is 0.412 e. The van der Waals surface area contributed by atoms with Gasteiger partial charge >= 0.3 is 12.2 Å². The van der Waals surface area contributed by atoms with E-state index in [0.717, 1.165) is 21.1 Å². The molecule has 11 heteroatoms. The Morgan fingerprint density at radius 2 is 1.66 bits per heavy atom. The number of Topliss-reactive ketones (excluding diaryl/α,β-unsaturated/α-hetero) is 1. The third-order valence-electron chi connectivity index (χ3n) is 6.13. The number of benzene rings is 1. The molecule has 1 aliphatic heterocycles. The predicted octanol–water partition coefficient (Wildman–Crippen LogP) is 7.01. The van der Waals surface area contributed by atoms with Crippen LogP contribution in [0.25, 0.3) is 10.4 Å². The Morgan fingerprint density at radius 3 is 2.27 bits per heavy atom. The molecule has 3 aromatic rings. The molecule has 0 atom stereocenters. The Bertz CT molecular complexity index is 1400. The second kappa shape index (κ2) is 12.2. The highest BCUT2D eigenvalue weighted by atomic mass is 32.1. The molecule has 1 fully saturated rings. The first-order valence-corrected chi connectivity index (χ1v) is 15.3. The largest absolute Gasteiger partial charge is 0.444 e. The molecular weight excluding hydrogens is 560 g/mol. The lowest BCUT2D eigenvalue weighted by Crippen LogP contribution is -2.50. The predicted molar refractivity (Wildman–Crippen MR) is 165 cm³/mol. The molecular formula is C30H38N4O5S2. The molecule has 0 unspecified atom stereocenters. The van der Waals surface area contributed by atoms with Gasteiger partial charge in [0.25, 0.3) is 0 Å². The Balaban J connectivity index is 1.49. The highest BCUT2D eigenvalue weighted by Gasteiger charge is 2.28. The third kappa shape index (κ3) is 8.29. The number of ether oxygens (including phenoxy) is 2. The summed E-state index contributed by atoms with van der Waals surface area (Å²) in [6, 6.07) is 9.67. The van der Waals surface area contributed by atoms with Gasteiger partial charge in [0.2, 0.25) is 0 Å². The molecule has 0 radical (unpaired) electrons. The van der Waals surface area contributed by atoms with Gasteiger partial charge in [-0.15, -0.1) is 11.3 Å². The molecule has 1 aliphatic rings. The number of aryl methyl sites for hydroxylation is 1. The van der Waals surface area contributed by atoms with Crippen LogP contribution >= 0.6 is 22.7 Å². The second-order valence-corrected chi connectivity index (χ2v) is 13.9. The lowest BCUT2D eigenvalue weighted by Gasteiger charge is -2.36. The number of aromatic nitrogens is 1. The second-order valence-electron chi connectivity index (χ2n) is 11.9. The van der Waals surface area contributed by atoms with Crippen molar-refractivity contribution < 1.29 is 23.9 Å². The summed E-state index contributed by atoms with van der Waals surface area (Å²) in [6.07, 6.45) is -0.814. The van der Waals surface area contributed by atoms with Crippen molar-refractivity contribution in [3.8, 4) is 10.4 Å². The maximum atomic E-state index is 13.5. The minimum atomic E-state index is -0.649. The van der Waals surface area contributed by atoms with Crippen LogP contribution < -0.4 is 10.2 Å². The van der Waals surface area contributed by atoms with E-state index in [9.17, 15) is 14.4 Å². The van der Waals surface area contributed by atoms with Crippen LogP contribution in [0.1, 0.15) is 62.6 Å². The summed E-state index contributed by atoms with van der Waals surface area (Å²) in [6.45, 7) is 15.2. The van der Waals surface area contributed by atoms with E-state index in [2.05, 4.69) is 15.2 Å². The molecule has 4 rings (SSSR count). The van der Waals surface area contributed by atoms with Crippen molar-refractivity contribution in [1.82, 2.24) is 9.88 Å². The van der Waals surface area contributed by atoms with Gasteiger partial charge in [0.15, 0.2) is 10.8 Å². The SMILES string of the molecule is Cc1nc(C(=O)Cc2cc(-c3cccs3)ccc2NC(=O)OC(C)(C)C)sc1N1CCN(C(=O)OC(C)(C)C)CC1. The summed E-state index contributed by atoms with van der Waals surface area (Å²) in [5, 5.41) is 6.16. The number of carbonyl (C=O) groups excluding carboxylic acids is 3. The van der Waals surface area contributed by atoms with E-state index in [1.54, 1.807) is 37.0 Å². The third-order valence-corrected chi connectivity index (χ3v) is 8.30. The fourth-order valence-corrected chi connectivity index (χ4v) is 6.12. The summed E-state index contributed by atoms with van der Waals surface area (Å²) in [5.74, 6) is -0.132. The number of hydrogen-bond donors (Lipinski definition) is 1. The van der Waals surface area contributed by atoms with Crippen molar-refractivity contribution in [2.75, 3.05) is 36.4 Å². The number of hydrogen-bond acceptors (Lipinski definition) is 9. The number of anilines is 2. The van der Waals surface area contributed by atoms with Crippen LogP contribution in [0, 0.1) is 6.92 Å². The number of rotatable bonds is 6. The van der Waals surface area contributed by atoms with Crippen LogP contribution in [0.4, 0.5) is 20.3 Å². The number of nitrogens with one attached hydrogen (secondary N) is 1. The number of piperazine rings is 1. The zero-order chi connectivity index (χ0) is 29.9. The minimum Gasteiger partial charge on any atom is -0.444 e. The van der Waals surface area contributed by atoms with Crippen molar-refractivity contribution in [1.29, 1.82) is 0 Å². The monoisotopic (exact) mass is 598 g/mol. The minimum absolute atomic E-state index is 0.0726. The van der Waals surface area contributed by atoms with Gasteiger partial charge in [-0.25, -0.2) is 14.6 Å². The number of carbonyl (C=O) groups is 3. The summed E-state index contributed by atoms with van der Waals surface area (Å²) in [7, 11) is 0. The highest BCUT2D eigenvalue weighted by Crippen LogP contribution is 2.33. The molecule has 0 bridgehead atoms. The van der Waals surface area contributed by atoms with Crippen LogP contribution in [-0.4, -0.2) is 65.2 Å². The Morgan fingerprint density at radius 1 is 0.976 bits per heavy atom. The molecule has 0 saturated carbocycles. The molecule has 1 N–H and O–H groups in total. The Kier molecular flexibility index (Phi) is 9.08. The first-order valence-electron chi connectivity index (χ1n) is 13.6. The maximum Gasteiger partial charge on any atom is 0.412 e. The summed E-state index contributed by atoms with van der Waals surface area (Å²) >= 11 is 2.97. The van der Waals surface area contributed by atoms with Gasteiger partial charge in [0, 0.05) is 43.2 Å². The highest BCUT2D eigenvalue weighted by molar-refractivity contribution is 7.17. The number of thiazole rings is 1. The van der Waals surface area contributed by atoms with Crippen molar-refractivity contribution in [3.63, 3.8) is 0 Å². The summed E-state index contributed by atoms with van der Waals surface area (Å²) in [5.41, 5.74) is 1.78. The Labute approximate surface area is 249 Å². The molecule has 41 heavy (non-hydrogen) atoms. The molecule has 2 aromatic heterocycles. The van der Waals surface area contributed by atoms with Gasteiger partial charge in [0.1, 0.15) is 16.2 Å². The van der Waals surface area contributed by atoms with E-state index in [4.69, 9.17) is 9.47 Å². The lowest BCUT2D eigenvalue weighted by atomic mass is 10.0. The molecule has 2 amide bonds. The van der Waals surface area contributed by atoms with E-state index in [1.165, 1.54) is 11.3 Å². The molecule has 1 aromatic carbocycles. The van der Waals surface area contributed by atoms with E-state index >= 15 is 0 Å². The number of amides is 2. The van der Waals surface area contributed by atoms with Crippen LogP contribution in [0.15, 0.2) is 35.7 Å². The number of nitrogens with zero attached hydrogens (tertiary/aromatic N) is 3. The molecule has 220 valence electrons. The lowest BCUT2D eigenvalue weighted by molar-refractivity contribution is 0.0240. The topological polar surface area (TPSA) is 101 Å². The van der Waals surface area contributed by atoms with Gasteiger partial charge in [-0.2, -0.15) is 0 Å². The average Bonchev–Trinajstić information content (AvgIpc) is 3.53. The number of ketones is 1. The van der Waals surface area contributed by atoms with Crippen LogP contribution in [0.3, 0.4) is 0 Å². The summed E-state index contributed by atoms with van der Waals surface area (Å²) < 4.78 is 10.9. The molecule has 1 saturated heterocycles. The summed E-state index contributed by atoms with van der Waals surface area (Å²) in [4.78, 5) is 48.1. The van der Waals surface area contributed by atoms with Gasteiger partial charge in [-0.05, 0) is 83.2 Å². The van der Waals surface area contributed by atoms with E-state index in [0.29, 0.717) is 42.4 Å². The van der Waals surface area contributed by atoms with Gasteiger partial charge in [0.05, 0.1) is 5.69 Å². The van der Waals surface area contributed by atoms with Gasteiger partial charge in [-0.1, -0.05) is 23.5 Å². The zero-order valence-corrected chi connectivity index (χ0v) is 26.3. The van der Waals surface area contributed by atoms with Crippen LogP contribution in [-0.2, 0) is 15.9 Å². The molecule has 3 heterocycles. The standard InChI is InChI=1S/C30H38N4O5S2/c1-19-26(33-12-14-34(15-13-33)28(37)39-30(5,6)7)41-25(31-19)23(35)18-21-17-20(24-9-8-16-40-24)10-11-22(21)32-27(36)38-29(2,3)4/h8-11,16-17H,12-15,18H2,1-7H3,(H,32,36). The molecule has 0 aliphatic carbocycles. The van der Waals surface area contributed by atoms with E-state index in [1.807, 2.05) is 63.4 Å². The zero-order valence-electron chi connectivity index (χ0n) is 24.7. The molecule has 0 spiro atoms. The van der Waals surface area contributed by atoms with Crippen LogP contribution in [0.5, 0.6) is 0 Å². The Hall–Kier alpha value is -3.44. The maximum absolute atomic E-state index is 13.5. The van der Waals surface area contributed by atoms with E-state index in [-0.39, 0.29) is 18.3 Å². The van der Waals surface area contributed by atoms with Crippen molar-refractivity contribution in [2.45, 2.75) is 66.1 Å². The number of thiophene rings is 1. The normalized spacial score (nSPS) is 14.1. The van der Waals surface area contributed by atoms with Crippen molar-refractivity contribution in [3.05, 3.63) is 52.0 Å². The van der Waals surface area contributed by atoms with Crippen molar-refractivity contribution >= 4 is 51.3 Å². The van der Waals surface area contributed by atoms with E-state index < -0.39 is 17.3 Å². The van der Waals surface area contributed by atoms with Gasteiger partial charge < -0.3 is 19.3 Å². The van der Waals surface area contributed by atoms with Gasteiger partial charge in [-0.3, -0.25) is 10.1 Å². The van der Waals surface area contributed by atoms with Crippen molar-refractivity contribution in [2.24, 2.45) is 0 Å². The average molecular weight is 599 g/mol. The quantitative estimate of drug-likeness (QED) is 0.305. The molecule has 9 nitrogen and oxygen atoms in total. The first-order chi connectivity index (χ1) is 19.2. The van der Waals surface area contributed by atoms with Crippen LogP contribution in [0.2, 0.25) is 0 Å². The fourth-order valence-electron chi connectivity index (χ4n) is 4.34.